The standard InChI is InChI=1S/C15H18O2S/c16-15(17-9-11-4-5-11)13-2-1-3-14(8-13)18-10-12-6-7-12/h1-3,8,11-12H,4-7,9-10H2. The van der Waals surface area contributed by atoms with Crippen molar-refractivity contribution < 1.29 is 9.53 Å². The molecule has 96 valence electrons. The van der Waals surface area contributed by atoms with Gasteiger partial charge in [-0.3, -0.25) is 0 Å². The SMILES string of the molecule is O=C(OCC1CC1)c1cccc(SCC2CC2)c1. The summed E-state index contributed by atoms with van der Waals surface area (Å²) >= 11 is 1.85. The van der Waals surface area contributed by atoms with Crippen molar-refractivity contribution in [3.8, 4) is 0 Å². The minimum absolute atomic E-state index is 0.171. The normalized spacial score (nSPS) is 18.7. The van der Waals surface area contributed by atoms with Crippen molar-refractivity contribution in [2.24, 2.45) is 11.8 Å². The van der Waals surface area contributed by atoms with Gasteiger partial charge in [0.1, 0.15) is 0 Å². The van der Waals surface area contributed by atoms with Crippen LogP contribution in [0.3, 0.4) is 0 Å². The Morgan fingerprint density at radius 3 is 2.72 bits per heavy atom. The Bertz CT molecular complexity index is 436. The van der Waals surface area contributed by atoms with E-state index in [9.17, 15) is 4.79 Å². The van der Waals surface area contributed by atoms with Gasteiger partial charge >= 0.3 is 5.97 Å². The van der Waals surface area contributed by atoms with E-state index in [-0.39, 0.29) is 5.97 Å². The van der Waals surface area contributed by atoms with Crippen molar-refractivity contribution in [2.75, 3.05) is 12.4 Å². The van der Waals surface area contributed by atoms with Crippen LogP contribution in [0.2, 0.25) is 0 Å². The molecule has 2 saturated carbocycles. The lowest BCUT2D eigenvalue weighted by atomic mass is 10.2. The largest absolute Gasteiger partial charge is 0.462 e. The summed E-state index contributed by atoms with van der Waals surface area (Å²) in [6, 6.07) is 7.83. The summed E-state index contributed by atoms with van der Waals surface area (Å²) in [5, 5.41) is 0. The van der Waals surface area contributed by atoms with Crippen molar-refractivity contribution in [2.45, 2.75) is 30.6 Å². The second-order valence-corrected chi connectivity index (χ2v) is 6.42. The van der Waals surface area contributed by atoms with Crippen LogP contribution >= 0.6 is 11.8 Å². The Labute approximate surface area is 112 Å². The highest BCUT2D eigenvalue weighted by atomic mass is 32.2. The highest BCUT2D eigenvalue weighted by Gasteiger charge is 2.23. The lowest BCUT2D eigenvalue weighted by Crippen LogP contribution is -2.07. The van der Waals surface area contributed by atoms with Crippen LogP contribution in [0.15, 0.2) is 29.2 Å². The summed E-state index contributed by atoms with van der Waals surface area (Å²) in [6.07, 6.45) is 5.17. The van der Waals surface area contributed by atoms with Crippen molar-refractivity contribution in [1.29, 1.82) is 0 Å². The first-order valence-electron chi connectivity index (χ1n) is 6.71. The quantitative estimate of drug-likeness (QED) is 0.577. The molecule has 3 heteroatoms. The Hall–Kier alpha value is -0.960. The van der Waals surface area contributed by atoms with Gasteiger partial charge in [0.15, 0.2) is 0 Å². The van der Waals surface area contributed by atoms with Gasteiger partial charge < -0.3 is 4.74 Å². The second kappa shape index (κ2) is 5.35. The van der Waals surface area contributed by atoms with E-state index in [1.807, 2.05) is 30.0 Å². The fraction of sp³-hybridized carbons (Fsp3) is 0.533. The van der Waals surface area contributed by atoms with Crippen LogP contribution in [0.25, 0.3) is 0 Å². The third-order valence-electron chi connectivity index (χ3n) is 3.40. The number of carbonyl (C=O) groups excluding carboxylic acids is 1. The van der Waals surface area contributed by atoms with Gasteiger partial charge in [-0.25, -0.2) is 4.79 Å². The van der Waals surface area contributed by atoms with E-state index in [0.29, 0.717) is 18.1 Å². The number of esters is 1. The fourth-order valence-electron chi connectivity index (χ4n) is 1.77. The van der Waals surface area contributed by atoms with Crippen molar-refractivity contribution in [3.63, 3.8) is 0 Å². The average Bonchev–Trinajstić information content (AvgIpc) is 3.28. The Kier molecular flexibility index (Phi) is 3.59. The van der Waals surface area contributed by atoms with Gasteiger partial charge in [0.2, 0.25) is 0 Å². The van der Waals surface area contributed by atoms with Crippen molar-refractivity contribution >= 4 is 17.7 Å². The van der Waals surface area contributed by atoms with Crippen LogP contribution in [0.1, 0.15) is 36.0 Å². The molecule has 0 atom stereocenters. The monoisotopic (exact) mass is 262 g/mol. The number of benzene rings is 1. The number of hydrogen-bond acceptors (Lipinski definition) is 3. The molecule has 2 aliphatic carbocycles. The number of ether oxygens (including phenoxy) is 1. The van der Waals surface area contributed by atoms with Gasteiger partial charge in [-0.05, 0) is 55.7 Å². The zero-order valence-electron chi connectivity index (χ0n) is 10.4. The molecule has 18 heavy (non-hydrogen) atoms. The Balaban J connectivity index is 1.55. The maximum absolute atomic E-state index is 11.8. The molecule has 0 radical (unpaired) electrons. The van der Waals surface area contributed by atoms with E-state index in [0.717, 1.165) is 5.92 Å². The number of hydrogen-bond donors (Lipinski definition) is 0. The maximum Gasteiger partial charge on any atom is 0.338 e. The van der Waals surface area contributed by atoms with Gasteiger partial charge in [0, 0.05) is 10.6 Å². The molecule has 2 nitrogen and oxygen atoms in total. The van der Waals surface area contributed by atoms with E-state index >= 15 is 0 Å². The van der Waals surface area contributed by atoms with Crippen LogP contribution in [-0.4, -0.2) is 18.3 Å². The van der Waals surface area contributed by atoms with Gasteiger partial charge in [0.05, 0.1) is 12.2 Å². The maximum atomic E-state index is 11.8. The molecule has 2 fully saturated rings. The molecule has 0 aliphatic heterocycles. The molecule has 0 N–H and O–H groups in total. The average molecular weight is 262 g/mol. The molecular weight excluding hydrogens is 244 g/mol. The topological polar surface area (TPSA) is 26.3 Å². The van der Waals surface area contributed by atoms with Crippen LogP contribution in [0, 0.1) is 11.8 Å². The summed E-state index contributed by atoms with van der Waals surface area (Å²) in [6.45, 7) is 0.596. The number of rotatable bonds is 6. The molecule has 0 spiro atoms. The lowest BCUT2D eigenvalue weighted by Gasteiger charge is -2.05. The van der Waals surface area contributed by atoms with Gasteiger partial charge in [-0.15, -0.1) is 11.8 Å². The van der Waals surface area contributed by atoms with Crippen LogP contribution in [-0.2, 0) is 4.74 Å². The minimum Gasteiger partial charge on any atom is -0.462 e. The summed E-state index contributed by atoms with van der Waals surface area (Å²) in [4.78, 5) is 13.0. The summed E-state index contributed by atoms with van der Waals surface area (Å²) in [7, 11) is 0. The van der Waals surface area contributed by atoms with Crippen LogP contribution in [0.5, 0.6) is 0 Å². The first-order valence-corrected chi connectivity index (χ1v) is 7.70. The highest BCUT2D eigenvalue weighted by molar-refractivity contribution is 7.99. The van der Waals surface area contributed by atoms with Crippen molar-refractivity contribution in [1.82, 2.24) is 0 Å². The molecule has 0 bridgehead atoms. The van der Waals surface area contributed by atoms with Crippen LogP contribution < -0.4 is 0 Å². The molecule has 1 aromatic rings. The molecular formula is C15H18O2S. The van der Waals surface area contributed by atoms with E-state index < -0.39 is 0 Å². The molecule has 1 aromatic carbocycles. The zero-order chi connectivity index (χ0) is 12.4. The second-order valence-electron chi connectivity index (χ2n) is 5.32. The zero-order valence-corrected chi connectivity index (χ0v) is 11.2. The molecule has 0 unspecified atom stereocenters. The van der Waals surface area contributed by atoms with Crippen molar-refractivity contribution in [3.05, 3.63) is 29.8 Å². The Morgan fingerprint density at radius 2 is 2.00 bits per heavy atom. The molecule has 0 heterocycles. The minimum atomic E-state index is -0.171. The van der Waals surface area contributed by atoms with E-state index in [1.54, 1.807) is 0 Å². The molecule has 3 rings (SSSR count). The molecule has 0 aromatic heterocycles. The predicted octanol–water partition coefficient (Wildman–Crippen LogP) is 3.76. The van der Waals surface area contributed by atoms with Gasteiger partial charge in [0.25, 0.3) is 0 Å². The summed E-state index contributed by atoms with van der Waals surface area (Å²) < 4.78 is 5.30. The van der Waals surface area contributed by atoms with E-state index in [1.165, 1.54) is 36.3 Å². The van der Waals surface area contributed by atoms with E-state index in [2.05, 4.69) is 6.07 Å². The third-order valence-corrected chi connectivity index (χ3v) is 4.62. The first kappa shape index (κ1) is 12.1. The summed E-state index contributed by atoms with van der Waals surface area (Å²) in [5.74, 6) is 2.54. The highest BCUT2D eigenvalue weighted by Crippen LogP contribution is 2.35. The smallest absolute Gasteiger partial charge is 0.338 e. The third kappa shape index (κ3) is 3.52. The van der Waals surface area contributed by atoms with Crippen LogP contribution in [0.4, 0.5) is 0 Å². The first-order chi connectivity index (χ1) is 8.81. The van der Waals surface area contributed by atoms with Gasteiger partial charge in [-0.2, -0.15) is 0 Å². The Morgan fingerprint density at radius 1 is 1.22 bits per heavy atom. The molecule has 0 amide bonds. The lowest BCUT2D eigenvalue weighted by molar-refractivity contribution is 0.0486. The fourth-order valence-corrected chi connectivity index (χ4v) is 2.92. The molecule has 0 saturated heterocycles. The molecule has 2 aliphatic rings. The summed E-state index contributed by atoms with van der Waals surface area (Å²) in [5.41, 5.74) is 0.691. The van der Waals surface area contributed by atoms with E-state index in [4.69, 9.17) is 4.74 Å². The predicted molar refractivity (Wildman–Crippen MR) is 72.9 cm³/mol. The number of thioether (sulfide) groups is 1. The number of carbonyl (C=O) groups is 1. The van der Waals surface area contributed by atoms with Gasteiger partial charge in [-0.1, -0.05) is 6.07 Å².